The Balaban J connectivity index is 0.000000893. The van der Waals surface area contributed by atoms with E-state index in [2.05, 4.69) is 28.9 Å². The molecule has 0 aliphatic carbocycles. The topological polar surface area (TPSA) is 153 Å². The summed E-state index contributed by atoms with van der Waals surface area (Å²) in [5, 5.41) is 20.9. The molecule has 0 bridgehead atoms. The fourth-order valence-electron chi connectivity index (χ4n) is 3.98. The maximum absolute atomic E-state index is 12.0. The number of aliphatic carboxylic acids is 1. The van der Waals surface area contributed by atoms with Gasteiger partial charge in [0.15, 0.2) is 4.90 Å². The summed E-state index contributed by atoms with van der Waals surface area (Å²) in [6, 6.07) is 15.9. The molecule has 0 aliphatic heterocycles. The third kappa shape index (κ3) is 24.5. The smallest absolute Gasteiger partial charge is 0.326 e. The zero-order valence-corrected chi connectivity index (χ0v) is 27.8. The van der Waals surface area contributed by atoms with Gasteiger partial charge in [-0.15, -0.1) is 0 Å². The van der Waals surface area contributed by atoms with Gasteiger partial charge in [0.25, 0.3) is 0 Å². The second-order valence-electron chi connectivity index (χ2n) is 10.3. The van der Waals surface area contributed by atoms with Crippen LogP contribution in [0.2, 0.25) is 0 Å². The van der Waals surface area contributed by atoms with Gasteiger partial charge in [0.2, 0.25) is 16.3 Å². The van der Waals surface area contributed by atoms with Crippen molar-refractivity contribution in [2.24, 2.45) is 0 Å². The standard InChI is InChI=1S/C23H37NO3.C8H10OS.CH4O4S/c1-2-3-4-5-6-7-8-9-10-11-15-18-22(25)24-21(23(26)27)19-20-16-13-12-14-17-20;1-10(2)8-5-3-7(9)4-6-8;1-5-6(2,3)4/h12-14,16-17,21H,2-11,15,18-19H2,1H3,(H,24,25)(H,26,27);3-6H,1-2H3;1H3,(H,2,3,4)/t21-;;/m1../s1. The zero-order valence-electron chi connectivity index (χ0n) is 26.1. The van der Waals surface area contributed by atoms with Crippen LogP contribution >= 0.6 is 0 Å². The third-order valence-corrected chi connectivity index (χ3v) is 8.06. The van der Waals surface area contributed by atoms with Crippen molar-refractivity contribution < 1.29 is 37.0 Å². The molecule has 1 amide bonds. The predicted molar refractivity (Wildman–Crippen MR) is 173 cm³/mol. The molecule has 9 nitrogen and oxygen atoms in total. The Kier molecular flexibility index (Phi) is 23.3. The van der Waals surface area contributed by atoms with Gasteiger partial charge in [-0.3, -0.25) is 8.98 Å². The molecule has 43 heavy (non-hydrogen) atoms. The first-order chi connectivity index (χ1) is 20.4. The van der Waals surface area contributed by atoms with Crippen LogP contribution in [0.25, 0.3) is 0 Å². The van der Waals surface area contributed by atoms with Gasteiger partial charge in [-0.1, -0.05) is 101 Å². The van der Waals surface area contributed by atoms with Crippen LogP contribution < -0.4 is 5.32 Å². The van der Waals surface area contributed by atoms with Crippen LogP contribution in [0.1, 0.15) is 89.5 Å². The Morgan fingerprint density at radius 2 is 1.33 bits per heavy atom. The van der Waals surface area contributed by atoms with Crippen LogP contribution in [0.3, 0.4) is 0 Å². The van der Waals surface area contributed by atoms with Crippen LogP contribution in [-0.4, -0.2) is 60.7 Å². The van der Waals surface area contributed by atoms with E-state index in [1.807, 2.05) is 42.5 Å². The van der Waals surface area contributed by atoms with E-state index in [1.165, 1.54) is 56.3 Å². The molecule has 0 saturated heterocycles. The summed E-state index contributed by atoms with van der Waals surface area (Å²) in [7, 11) is -3.30. The minimum atomic E-state index is -4.41. The fourth-order valence-corrected chi connectivity index (χ4v) is 4.66. The van der Waals surface area contributed by atoms with Crippen LogP contribution in [0.5, 0.6) is 5.75 Å². The largest absolute Gasteiger partial charge is 0.726 e. The van der Waals surface area contributed by atoms with Gasteiger partial charge in [-0.2, -0.15) is 0 Å². The number of carbonyl (C=O) groups is 2. The Hall–Kier alpha value is -2.60. The number of hydrogen-bond donors (Lipinski definition) is 3. The molecule has 0 radical (unpaired) electrons. The van der Waals surface area contributed by atoms with Crippen LogP contribution in [0, 0.1) is 0 Å². The van der Waals surface area contributed by atoms with Crippen LogP contribution in [0.4, 0.5) is 0 Å². The molecular formula is C32H51NO8S2. The third-order valence-electron chi connectivity index (χ3n) is 6.44. The Morgan fingerprint density at radius 1 is 0.860 bits per heavy atom. The Labute approximate surface area is 261 Å². The molecule has 2 aromatic rings. The maximum atomic E-state index is 12.0. The molecule has 11 heteroatoms. The van der Waals surface area contributed by atoms with E-state index in [1.54, 1.807) is 12.1 Å². The number of carbonyl (C=O) groups excluding carboxylic acids is 1. The molecule has 244 valence electrons. The number of amides is 1. The highest BCUT2D eigenvalue weighted by Gasteiger charge is 2.20. The van der Waals surface area contributed by atoms with Crippen molar-refractivity contribution in [2.45, 2.75) is 101 Å². The highest BCUT2D eigenvalue weighted by Crippen LogP contribution is 2.14. The lowest BCUT2D eigenvalue weighted by molar-refractivity contribution is -0.141. The van der Waals surface area contributed by atoms with Crippen molar-refractivity contribution in [3.63, 3.8) is 0 Å². The molecular weight excluding hydrogens is 590 g/mol. The van der Waals surface area contributed by atoms with E-state index in [-0.39, 0.29) is 5.91 Å². The van der Waals surface area contributed by atoms with E-state index in [9.17, 15) is 27.7 Å². The van der Waals surface area contributed by atoms with Crippen molar-refractivity contribution in [3.05, 3.63) is 60.2 Å². The summed E-state index contributed by atoms with van der Waals surface area (Å²) in [5.74, 6) is -0.797. The minimum Gasteiger partial charge on any atom is -0.726 e. The number of aromatic hydroxyl groups is 1. The summed E-state index contributed by atoms with van der Waals surface area (Å²) in [6.07, 6.45) is 18.7. The van der Waals surface area contributed by atoms with Crippen molar-refractivity contribution in [2.75, 3.05) is 19.6 Å². The number of carboxylic acid groups (broad SMARTS) is 1. The summed E-state index contributed by atoms with van der Waals surface area (Å²) in [4.78, 5) is 24.7. The molecule has 2 aromatic carbocycles. The average molecular weight is 642 g/mol. The van der Waals surface area contributed by atoms with Crippen molar-refractivity contribution in [1.29, 1.82) is 0 Å². The van der Waals surface area contributed by atoms with E-state index >= 15 is 0 Å². The summed E-state index contributed by atoms with van der Waals surface area (Å²) in [5.41, 5.74) is 0.917. The first-order valence-corrected chi connectivity index (χ1v) is 18.2. The van der Waals surface area contributed by atoms with Crippen molar-refractivity contribution in [3.8, 4) is 5.75 Å². The number of phenols is 1. The maximum Gasteiger partial charge on any atom is 0.326 e. The normalized spacial score (nSPS) is 11.5. The molecule has 2 rings (SSSR count). The molecule has 3 N–H and O–H groups in total. The number of unbranched alkanes of at least 4 members (excludes halogenated alkanes) is 10. The Morgan fingerprint density at radius 3 is 1.74 bits per heavy atom. The van der Waals surface area contributed by atoms with Gasteiger partial charge in [-0.05, 0) is 36.2 Å². The number of hydrogen-bond acceptors (Lipinski definition) is 7. The van der Waals surface area contributed by atoms with E-state index in [0.717, 1.165) is 31.9 Å². The number of phenolic OH excluding ortho intramolecular Hbond substituents is 1. The number of benzene rings is 2. The molecule has 0 aliphatic rings. The highest BCUT2D eigenvalue weighted by molar-refractivity contribution is 7.95. The summed E-state index contributed by atoms with van der Waals surface area (Å²) in [6.45, 7) is 2.24. The quantitative estimate of drug-likeness (QED) is 0.0750. The Bertz CT molecular complexity index is 1090. The summed E-state index contributed by atoms with van der Waals surface area (Å²) >= 11 is 0. The molecule has 0 fully saturated rings. The summed E-state index contributed by atoms with van der Waals surface area (Å²) < 4.78 is 31.0. The first-order valence-electron chi connectivity index (χ1n) is 14.8. The van der Waals surface area contributed by atoms with Crippen LogP contribution in [0.15, 0.2) is 59.5 Å². The zero-order chi connectivity index (χ0) is 32.5. The lowest BCUT2D eigenvalue weighted by atomic mass is 10.0. The van der Waals surface area contributed by atoms with Gasteiger partial charge in [0.05, 0.1) is 7.11 Å². The van der Waals surface area contributed by atoms with E-state index in [4.69, 9.17) is 5.11 Å². The molecule has 0 heterocycles. The van der Waals surface area contributed by atoms with Crippen molar-refractivity contribution >= 4 is 33.2 Å². The predicted octanol–water partition coefficient (Wildman–Crippen LogP) is 6.22. The van der Waals surface area contributed by atoms with Crippen LogP contribution in [-0.2, 0) is 41.5 Å². The van der Waals surface area contributed by atoms with Gasteiger partial charge in [0, 0.05) is 23.7 Å². The average Bonchev–Trinajstić information content (AvgIpc) is 2.96. The highest BCUT2D eigenvalue weighted by atomic mass is 32.3. The molecule has 0 unspecified atom stereocenters. The lowest BCUT2D eigenvalue weighted by Crippen LogP contribution is -2.42. The van der Waals surface area contributed by atoms with Gasteiger partial charge >= 0.3 is 5.97 Å². The second-order valence-corrected chi connectivity index (χ2v) is 13.6. The second kappa shape index (κ2) is 24.8. The van der Waals surface area contributed by atoms with Gasteiger partial charge < -0.3 is 20.1 Å². The minimum absolute atomic E-state index is 0.158. The SMILES string of the molecule is CCCCCCCCCCCCCC(=O)N[C@H](Cc1ccccc1)C(=O)O.COS(=O)(=O)[O-].C[S+](C)c1ccc(O)cc1. The van der Waals surface area contributed by atoms with Crippen molar-refractivity contribution in [1.82, 2.24) is 5.32 Å². The molecule has 0 spiro atoms. The molecule has 0 saturated carbocycles. The van der Waals surface area contributed by atoms with E-state index < -0.39 is 22.4 Å². The molecule has 0 aromatic heterocycles. The number of nitrogens with one attached hydrogen (secondary N) is 1. The number of carboxylic acids is 1. The number of rotatable bonds is 18. The lowest BCUT2D eigenvalue weighted by Gasteiger charge is -2.14. The monoisotopic (exact) mass is 641 g/mol. The van der Waals surface area contributed by atoms with E-state index in [0.29, 0.717) is 29.5 Å². The molecule has 1 atom stereocenters. The fraction of sp³-hybridized carbons (Fsp3) is 0.562. The van der Waals surface area contributed by atoms with Gasteiger partial charge in [0.1, 0.15) is 24.3 Å². The van der Waals surface area contributed by atoms with Gasteiger partial charge in [-0.25, -0.2) is 13.2 Å². The first kappa shape index (κ1) is 40.4.